The number of rotatable bonds is 4. The van der Waals surface area contributed by atoms with E-state index >= 15 is 0 Å². The number of piperazine rings is 1. The van der Waals surface area contributed by atoms with Crippen LogP contribution in [0.4, 0.5) is 5.82 Å². The Labute approximate surface area is 176 Å². The number of aromatic nitrogens is 3. The van der Waals surface area contributed by atoms with Gasteiger partial charge in [0.05, 0.1) is 5.92 Å². The van der Waals surface area contributed by atoms with Crippen LogP contribution in [-0.4, -0.2) is 58.5 Å². The van der Waals surface area contributed by atoms with Crippen molar-refractivity contribution in [1.29, 1.82) is 0 Å². The van der Waals surface area contributed by atoms with Crippen molar-refractivity contribution in [2.24, 2.45) is 5.73 Å². The van der Waals surface area contributed by atoms with E-state index in [1.807, 2.05) is 35.4 Å². The predicted molar refractivity (Wildman–Crippen MR) is 118 cm³/mol. The number of nitrogens with one attached hydrogen (secondary N) is 1. The summed E-state index contributed by atoms with van der Waals surface area (Å²) >= 11 is 0. The fourth-order valence-corrected chi connectivity index (χ4v) is 4.98. The first-order chi connectivity index (χ1) is 14.7. The van der Waals surface area contributed by atoms with Crippen LogP contribution < -0.4 is 10.6 Å². The minimum absolute atomic E-state index is 0.114. The fourth-order valence-electron chi connectivity index (χ4n) is 4.98. The van der Waals surface area contributed by atoms with Crippen LogP contribution in [-0.2, 0) is 11.2 Å². The molecular formula is C23H28N6O. The zero-order valence-corrected chi connectivity index (χ0v) is 17.3. The maximum absolute atomic E-state index is 13.3. The predicted octanol–water partition coefficient (Wildman–Crippen LogP) is 2.40. The van der Waals surface area contributed by atoms with Crippen LogP contribution in [0.25, 0.3) is 10.9 Å². The quantitative estimate of drug-likeness (QED) is 0.697. The van der Waals surface area contributed by atoms with Gasteiger partial charge in [0.2, 0.25) is 5.91 Å². The maximum Gasteiger partial charge on any atom is 0.231 e. The molecule has 0 spiro atoms. The molecule has 2 unspecified atom stereocenters. The van der Waals surface area contributed by atoms with Gasteiger partial charge in [-0.15, -0.1) is 0 Å². The number of hydrogen-bond donors (Lipinski definition) is 2. The number of anilines is 1. The number of fused-ring (bicyclic) bond motifs is 2. The highest BCUT2D eigenvalue weighted by Crippen LogP contribution is 2.37. The number of aryl methyl sites for hydroxylation is 1. The Hall–Kier alpha value is -2.93. The van der Waals surface area contributed by atoms with Crippen molar-refractivity contribution < 1.29 is 4.79 Å². The lowest BCUT2D eigenvalue weighted by atomic mass is 9.96. The molecule has 0 bridgehead atoms. The van der Waals surface area contributed by atoms with Crippen molar-refractivity contribution >= 4 is 22.6 Å². The fraction of sp³-hybridized carbons (Fsp3) is 0.435. The molecular weight excluding hydrogens is 376 g/mol. The minimum Gasteiger partial charge on any atom is -0.361 e. The molecule has 0 radical (unpaired) electrons. The van der Waals surface area contributed by atoms with Crippen LogP contribution in [0.2, 0.25) is 0 Å². The van der Waals surface area contributed by atoms with Gasteiger partial charge in [-0.25, -0.2) is 9.97 Å². The van der Waals surface area contributed by atoms with Gasteiger partial charge < -0.3 is 20.5 Å². The molecule has 1 aliphatic heterocycles. The molecule has 30 heavy (non-hydrogen) atoms. The molecule has 3 heterocycles. The first kappa shape index (κ1) is 19.1. The molecule has 5 rings (SSSR count). The van der Waals surface area contributed by atoms with Gasteiger partial charge >= 0.3 is 0 Å². The lowest BCUT2D eigenvalue weighted by Gasteiger charge is -2.37. The lowest BCUT2D eigenvalue weighted by molar-refractivity contribution is -0.132. The van der Waals surface area contributed by atoms with E-state index in [9.17, 15) is 4.79 Å². The largest absolute Gasteiger partial charge is 0.361 e. The summed E-state index contributed by atoms with van der Waals surface area (Å²) in [5, 5.41) is 1.07. The van der Waals surface area contributed by atoms with Gasteiger partial charge in [-0.2, -0.15) is 0 Å². The summed E-state index contributed by atoms with van der Waals surface area (Å²) in [5.74, 6) is 1.35. The van der Waals surface area contributed by atoms with Crippen LogP contribution in [0.3, 0.4) is 0 Å². The van der Waals surface area contributed by atoms with Crippen molar-refractivity contribution in [2.75, 3.05) is 37.6 Å². The van der Waals surface area contributed by atoms with Gasteiger partial charge in [-0.05, 0) is 30.4 Å². The number of nitrogens with two attached hydrogens (primary N) is 1. The van der Waals surface area contributed by atoms with E-state index in [2.05, 4.69) is 26.8 Å². The molecule has 1 aromatic carbocycles. The molecule has 1 saturated heterocycles. The van der Waals surface area contributed by atoms with Gasteiger partial charge in [0.15, 0.2) is 0 Å². The summed E-state index contributed by atoms with van der Waals surface area (Å²) < 4.78 is 0. The standard InChI is InChI=1S/C23H28N6O/c1-15-6-7-20-21(15)22(27-14-26-20)28-8-10-29(11-9-28)23(30)17(12-24)18-13-25-19-5-3-2-4-16(18)19/h2-5,13-15,17,25H,6-12,24H2,1H3. The molecule has 3 aromatic rings. The normalized spacial score (nSPS) is 19.9. The number of nitrogens with zero attached hydrogens (tertiary/aromatic N) is 4. The maximum atomic E-state index is 13.3. The van der Waals surface area contributed by atoms with Crippen LogP contribution in [0.5, 0.6) is 0 Å². The number of benzene rings is 1. The molecule has 7 heteroatoms. The first-order valence-corrected chi connectivity index (χ1v) is 10.8. The van der Waals surface area contributed by atoms with Gasteiger partial charge in [0, 0.05) is 61.1 Å². The molecule has 156 valence electrons. The van der Waals surface area contributed by atoms with Crippen LogP contribution >= 0.6 is 0 Å². The van der Waals surface area contributed by atoms with E-state index in [4.69, 9.17) is 5.73 Å². The molecule has 1 aliphatic carbocycles. The summed E-state index contributed by atoms with van der Waals surface area (Å²) in [6.07, 6.45) is 5.79. The van der Waals surface area contributed by atoms with Gasteiger partial charge in [-0.1, -0.05) is 25.1 Å². The number of H-pyrrole nitrogens is 1. The van der Waals surface area contributed by atoms with Crippen molar-refractivity contribution in [3.63, 3.8) is 0 Å². The molecule has 2 aromatic heterocycles. The third kappa shape index (κ3) is 3.13. The summed E-state index contributed by atoms with van der Waals surface area (Å²) in [4.78, 5) is 30.0. The second-order valence-corrected chi connectivity index (χ2v) is 8.39. The average Bonchev–Trinajstić information content (AvgIpc) is 3.39. The molecule has 1 amide bonds. The second-order valence-electron chi connectivity index (χ2n) is 8.39. The van der Waals surface area contributed by atoms with E-state index in [1.165, 1.54) is 11.3 Å². The molecule has 2 atom stereocenters. The highest BCUT2D eigenvalue weighted by Gasteiger charge is 2.32. The van der Waals surface area contributed by atoms with Gasteiger partial charge in [0.25, 0.3) is 0 Å². The Kier molecular flexibility index (Phi) is 4.90. The number of amides is 1. The van der Waals surface area contributed by atoms with Crippen molar-refractivity contribution in [3.05, 3.63) is 53.6 Å². The number of carbonyl (C=O) groups excluding carboxylic acids is 1. The summed E-state index contributed by atoms with van der Waals surface area (Å²) in [6, 6.07) is 8.06. The van der Waals surface area contributed by atoms with Crippen LogP contribution in [0.1, 0.15) is 42.0 Å². The van der Waals surface area contributed by atoms with Crippen LogP contribution in [0.15, 0.2) is 36.8 Å². The Bertz CT molecular complexity index is 1070. The lowest BCUT2D eigenvalue weighted by Crippen LogP contribution is -2.51. The third-order valence-corrected chi connectivity index (χ3v) is 6.67. The molecule has 1 fully saturated rings. The zero-order chi connectivity index (χ0) is 20.7. The highest BCUT2D eigenvalue weighted by molar-refractivity contribution is 5.92. The zero-order valence-electron chi connectivity index (χ0n) is 17.3. The Morgan fingerprint density at radius 1 is 1.23 bits per heavy atom. The van der Waals surface area contributed by atoms with Crippen LogP contribution in [0, 0.1) is 0 Å². The second kappa shape index (κ2) is 7.72. The molecule has 7 nitrogen and oxygen atoms in total. The molecule has 2 aliphatic rings. The smallest absolute Gasteiger partial charge is 0.231 e. The first-order valence-electron chi connectivity index (χ1n) is 10.8. The van der Waals surface area contributed by atoms with Crippen molar-refractivity contribution in [3.8, 4) is 0 Å². The number of aromatic amines is 1. The average molecular weight is 405 g/mol. The van der Waals surface area contributed by atoms with E-state index in [1.54, 1.807) is 6.33 Å². The number of carbonyl (C=O) groups is 1. The number of para-hydroxylation sites is 1. The Morgan fingerprint density at radius 3 is 2.83 bits per heavy atom. The van der Waals surface area contributed by atoms with E-state index in [0.717, 1.165) is 48.2 Å². The molecule has 0 saturated carbocycles. The summed E-state index contributed by atoms with van der Waals surface area (Å²) in [5.41, 5.74) is 10.6. The SMILES string of the molecule is CC1CCc2ncnc(N3CCN(C(=O)C(CN)c4c[nH]c5ccccc45)CC3)c21. The Balaban J connectivity index is 1.32. The van der Waals surface area contributed by atoms with Gasteiger partial charge in [0.1, 0.15) is 12.1 Å². The monoisotopic (exact) mass is 404 g/mol. The summed E-state index contributed by atoms with van der Waals surface area (Å²) in [7, 11) is 0. The van der Waals surface area contributed by atoms with E-state index in [-0.39, 0.29) is 11.8 Å². The number of hydrogen-bond acceptors (Lipinski definition) is 5. The van der Waals surface area contributed by atoms with Crippen molar-refractivity contribution in [1.82, 2.24) is 19.9 Å². The topological polar surface area (TPSA) is 91.1 Å². The highest BCUT2D eigenvalue weighted by atomic mass is 16.2. The third-order valence-electron chi connectivity index (χ3n) is 6.67. The van der Waals surface area contributed by atoms with E-state index in [0.29, 0.717) is 25.6 Å². The molecule has 3 N–H and O–H groups in total. The van der Waals surface area contributed by atoms with Crippen molar-refractivity contribution in [2.45, 2.75) is 31.6 Å². The van der Waals surface area contributed by atoms with E-state index < -0.39 is 0 Å². The van der Waals surface area contributed by atoms with Gasteiger partial charge in [-0.3, -0.25) is 4.79 Å². The minimum atomic E-state index is -0.323. The Morgan fingerprint density at radius 2 is 2.03 bits per heavy atom. The summed E-state index contributed by atoms with van der Waals surface area (Å²) in [6.45, 7) is 5.50.